The molecule has 0 N–H and O–H groups in total. The highest BCUT2D eigenvalue weighted by molar-refractivity contribution is 9.10. The van der Waals surface area contributed by atoms with Crippen LogP contribution in [0.3, 0.4) is 0 Å². The summed E-state index contributed by atoms with van der Waals surface area (Å²) in [6.45, 7) is 4.79. The lowest BCUT2D eigenvalue weighted by molar-refractivity contribution is -0.123. The molecule has 2 heterocycles. The molecule has 1 saturated heterocycles. The number of anilines is 1. The summed E-state index contributed by atoms with van der Waals surface area (Å²) in [4.78, 5) is 31.0. The van der Waals surface area contributed by atoms with Gasteiger partial charge in [-0.25, -0.2) is 0 Å². The molecule has 0 spiro atoms. The zero-order chi connectivity index (χ0) is 22.8. The topological polar surface area (TPSA) is 40.6 Å². The van der Waals surface area contributed by atoms with Gasteiger partial charge in [0.25, 0.3) is 11.8 Å². The van der Waals surface area contributed by atoms with Crippen LogP contribution in [0.15, 0.2) is 57.9 Å². The lowest BCUT2D eigenvalue weighted by Gasteiger charge is -2.23. The molecule has 0 aromatic heterocycles. The molecule has 0 bridgehead atoms. The van der Waals surface area contributed by atoms with E-state index in [2.05, 4.69) is 22.9 Å². The number of carbonyl (C=O) groups is 2. The Labute approximate surface area is 207 Å². The van der Waals surface area contributed by atoms with E-state index in [0.717, 1.165) is 47.0 Å². The molecule has 2 aliphatic rings. The van der Waals surface area contributed by atoms with Gasteiger partial charge in [-0.2, -0.15) is 0 Å². The minimum atomic E-state index is -0.203. The third-order valence-corrected chi connectivity index (χ3v) is 7.80. The number of amides is 2. The van der Waals surface area contributed by atoms with Gasteiger partial charge in [0.05, 0.1) is 22.2 Å². The third kappa shape index (κ3) is 4.30. The molecule has 32 heavy (non-hydrogen) atoms. The Balaban J connectivity index is 1.71. The maximum atomic E-state index is 13.5. The van der Waals surface area contributed by atoms with Crippen LogP contribution in [0.25, 0.3) is 5.57 Å². The fourth-order valence-electron chi connectivity index (χ4n) is 4.19. The molecular weight excluding hydrogens is 504 g/mol. The molecule has 2 amide bonds. The van der Waals surface area contributed by atoms with Crippen LogP contribution >= 0.6 is 39.9 Å². The van der Waals surface area contributed by atoms with Gasteiger partial charge < -0.3 is 4.90 Å². The summed E-state index contributed by atoms with van der Waals surface area (Å²) >= 11 is 10.4. The lowest BCUT2D eigenvalue weighted by atomic mass is 10.1. The van der Waals surface area contributed by atoms with Crippen molar-refractivity contribution in [2.45, 2.75) is 45.6 Å². The summed E-state index contributed by atoms with van der Waals surface area (Å²) in [5, 5.41) is 0. The number of hydrogen-bond acceptors (Lipinski definition) is 4. The zero-order valence-electron chi connectivity index (χ0n) is 18.1. The number of unbranched alkanes of at least 4 members (excludes halogenated alkanes) is 3. The molecule has 2 aliphatic heterocycles. The van der Waals surface area contributed by atoms with Crippen LogP contribution in [-0.4, -0.2) is 27.6 Å². The maximum Gasteiger partial charge on any atom is 0.267 e. The predicted molar refractivity (Wildman–Crippen MR) is 139 cm³/mol. The number of hydrogen-bond donors (Lipinski definition) is 0. The summed E-state index contributed by atoms with van der Waals surface area (Å²) in [7, 11) is 0. The third-order valence-electron chi connectivity index (χ3n) is 5.91. The highest BCUT2D eigenvalue weighted by atomic mass is 79.9. The number of thioether (sulfide) groups is 1. The van der Waals surface area contributed by atoms with Crippen molar-refractivity contribution in [3.05, 3.63) is 69.0 Å². The second-order valence-corrected chi connectivity index (χ2v) is 10.6. The van der Waals surface area contributed by atoms with Crippen molar-refractivity contribution in [2.75, 3.05) is 11.4 Å². The van der Waals surface area contributed by atoms with Gasteiger partial charge in [0, 0.05) is 16.6 Å². The lowest BCUT2D eigenvalue weighted by Crippen LogP contribution is -2.32. The fraction of sp³-hybridized carbons (Fsp3) is 0.320. The van der Waals surface area contributed by atoms with Gasteiger partial charge in [0.1, 0.15) is 4.32 Å². The van der Waals surface area contributed by atoms with Crippen molar-refractivity contribution < 1.29 is 9.59 Å². The van der Waals surface area contributed by atoms with E-state index in [-0.39, 0.29) is 17.9 Å². The van der Waals surface area contributed by atoms with E-state index in [1.54, 1.807) is 4.90 Å². The van der Waals surface area contributed by atoms with E-state index in [1.807, 2.05) is 60.4 Å². The average molecular weight is 530 g/mol. The van der Waals surface area contributed by atoms with Crippen LogP contribution in [0.5, 0.6) is 0 Å². The summed E-state index contributed by atoms with van der Waals surface area (Å²) in [6.07, 6.45) is 4.31. The first-order valence-corrected chi connectivity index (χ1v) is 12.9. The van der Waals surface area contributed by atoms with Gasteiger partial charge in [-0.3, -0.25) is 14.5 Å². The highest BCUT2D eigenvalue weighted by Gasteiger charge is 2.43. The Morgan fingerprint density at radius 2 is 1.78 bits per heavy atom. The number of nitrogens with zero attached hydrogens (tertiary/aromatic N) is 2. The number of rotatable bonds is 7. The normalized spacial score (nSPS) is 19.2. The number of thiocarbonyl (C=S) groups is 1. The predicted octanol–water partition coefficient (Wildman–Crippen LogP) is 6.71. The first-order valence-electron chi connectivity index (χ1n) is 10.9. The Morgan fingerprint density at radius 1 is 1.03 bits per heavy atom. The van der Waals surface area contributed by atoms with E-state index in [9.17, 15) is 9.59 Å². The molecule has 0 aliphatic carbocycles. The smallest absolute Gasteiger partial charge is 0.267 e. The van der Waals surface area contributed by atoms with Crippen LogP contribution in [-0.2, 0) is 9.59 Å². The molecule has 0 unspecified atom stereocenters. The van der Waals surface area contributed by atoms with E-state index in [1.165, 1.54) is 11.8 Å². The number of carbonyl (C=O) groups excluding carboxylic acids is 2. The Bertz CT molecular complexity index is 1100. The summed E-state index contributed by atoms with van der Waals surface area (Å²) < 4.78 is 1.36. The second-order valence-electron chi connectivity index (χ2n) is 8.01. The minimum absolute atomic E-state index is 0.109. The van der Waals surface area contributed by atoms with Gasteiger partial charge in [-0.15, -0.1) is 0 Å². The largest absolute Gasteiger partial charge is 0.308 e. The van der Waals surface area contributed by atoms with Crippen molar-refractivity contribution in [1.82, 2.24) is 4.90 Å². The molecule has 0 saturated carbocycles. The average Bonchev–Trinajstić information content (AvgIpc) is 3.22. The van der Waals surface area contributed by atoms with E-state index in [4.69, 9.17) is 12.2 Å². The van der Waals surface area contributed by atoms with Gasteiger partial charge in [-0.1, -0.05) is 96.4 Å². The summed E-state index contributed by atoms with van der Waals surface area (Å²) in [5.74, 6) is -0.305. The first kappa shape index (κ1) is 23.2. The molecule has 166 valence electrons. The minimum Gasteiger partial charge on any atom is -0.308 e. The molecule has 7 heteroatoms. The van der Waals surface area contributed by atoms with Crippen molar-refractivity contribution in [2.24, 2.45) is 0 Å². The first-order chi connectivity index (χ1) is 15.4. The summed E-state index contributed by atoms with van der Waals surface area (Å²) in [6, 6.07) is 15.5. The number of benzene rings is 2. The molecule has 1 fully saturated rings. The summed E-state index contributed by atoms with van der Waals surface area (Å²) in [5.41, 5.74) is 3.14. The highest BCUT2D eigenvalue weighted by Crippen LogP contribution is 2.47. The quantitative estimate of drug-likeness (QED) is 0.227. The fourth-order valence-corrected chi connectivity index (χ4v) is 6.04. The van der Waals surface area contributed by atoms with Crippen molar-refractivity contribution >= 4 is 67.3 Å². The Hall–Kier alpha value is -1.96. The molecule has 4 rings (SSSR count). The number of halogens is 1. The van der Waals surface area contributed by atoms with Gasteiger partial charge in [0.15, 0.2) is 0 Å². The zero-order valence-corrected chi connectivity index (χ0v) is 21.4. The Morgan fingerprint density at radius 3 is 2.50 bits per heavy atom. The van der Waals surface area contributed by atoms with Crippen LogP contribution in [0.4, 0.5) is 5.69 Å². The van der Waals surface area contributed by atoms with Crippen molar-refractivity contribution in [3.8, 4) is 0 Å². The molecule has 0 radical (unpaired) electrons. The standard InChI is InChI=1S/C25H25BrN2O2S2/c1-3-4-5-9-14-27-20-13-12-18(26)15-19(20)21(23(27)29)22-24(30)28(25(31)32-22)16(2)17-10-7-6-8-11-17/h6-8,10-13,15-16H,3-5,9,14H2,1-2H3/b22-21-/t16-/m1/s1. The van der Waals surface area contributed by atoms with E-state index < -0.39 is 0 Å². The van der Waals surface area contributed by atoms with E-state index >= 15 is 0 Å². The van der Waals surface area contributed by atoms with Gasteiger partial charge in [-0.05, 0) is 37.1 Å². The van der Waals surface area contributed by atoms with Gasteiger partial charge in [0.2, 0.25) is 0 Å². The monoisotopic (exact) mass is 528 g/mol. The molecular formula is C25H25BrN2O2S2. The maximum absolute atomic E-state index is 13.5. The molecule has 1 atom stereocenters. The van der Waals surface area contributed by atoms with Crippen LogP contribution in [0.1, 0.15) is 56.7 Å². The van der Waals surface area contributed by atoms with Crippen molar-refractivity contribution in [1.29, 1.82) is 0 Å². The molecule has 2 aromatic rings. The Kier molecular flexibility index (Phi) is 7.17. The second kappa shape index (κ2) is 9.89. The SMILES string of the molecule is CCCCCCN1C(=O)/C(=C2\SC(=S)N([C@H](C)c3ccccc3)C2=O)c2cc(Br)ccc21. The van der Waals surface area contributed by atoms with E-state index in [0.29, 0.717) is 21.3 Å². The van der Waals surface area contributed by atoms with Crippen LogP contribution < -0.4 is 4.90 Å². The van der Waals surface area contributed by atoms with Crippen LogP contribution in [0, 0.1) is 0 Å². The number of fused-ring (bicyclic) bond motifs is 1. The van der Waals surface area contributed by atoms with Gasteiger partial charge >= 0.3 is 0 Å². The molecule has 2 aromatic carbocycles. The van der Waals surface area contributed by atoms with Crippen molar-refractivity contribution in [3.63, 3.8) is 0 Å². The van der Waals surface area contributed by atoms with Crippen LogP contribution in [0.2, 0.25) is 0 Å². The molecule has 4 nitrogen and oxygen atoms in total.